The van der Waals surface area contributed by atoms with Gasteiger partial charge in [-0.1, -0.05) is 23.3 Å². The number of nitro groups is 1. The minimum Gasteiger partial charge on any atom is -0.443 e. The van der Waals surface area contributed by atoms with Gasteiger partial charge in [-0.05, 0) is 38.5 Å². The molecule has 2 rings (SSSR count). The number of nitrogens with zero attached hydrogens (tertiary/aromatic N) is 3. The number of imidazole rings is 1. The van der Waals surface area contributed by atoms with Crippen LogP contribution in [0.2, 0.25) is 0 Å². The van der Waals surface area contributed by atoms with E-state index in [9.17, 15) is 10.1 Å². The number of allylic oxidation sites excluding steroid dienone is 3. The third-order valence-electron chi connectivity index (χ3n) is 3.57. The molecule has 0 radical (unpaired) electrons. The van der Waals surface area contributed by atoms with Crippen molar-refractivity contribution in [2.75, 3.05) is 13.2 Å². The second kappa shape index (κ2) is 7.92. The Morgan fingerprint density at radius 1 is 1.52 bits per heavy atom. The lowest BCUT2D eigenvalue weighted by atomic mass is 10.1. The minimum absolute atomic E-state index is 0.127. The van der Waals surface area contributed by atoms with E-state index in [0.717, 1.165) is 12.8 Å². The quantitative estimate of drug-likeness (QED) is 0.437. The molecule has 0 saturated heterocycles. The highest BCUT2D eigenvalue weighted by atomic mass is 16.6. The van der Waals surface area contributed by atoms with Gasteiger partial charge in [0.15, 0.2) is 0 Å². The van der Waals surface area contributed by atoms with Gasteiger partial charge in [0, 0.05) is 4.98 Å². The molecule has 0 N–H and O–H groups in total. The smallest absolute Gasteiger partial charge is 0.414 e. The van der Waals surface area contributed by atoms with Crippen LogP contribution >= 0.6 is 0 Å². The molecule has 0 saturated carbocycles. The van der Waals surface area contributed by atoms with Crippen LogP contribution in [0, 0.1) is 10.1 Å². The Labute approximate surface area is 135 Å². The highest BCUT2D eigenvalue weighted by Crippen LogP contribution is 2.22. The fourth-order valence-electron chi connectivity index (χ4n) is 2.28. The number of rotatable bonds is 7. The Morgan fingerprint density at radius 3 is 3.00 bits per heavy atom. The second-order valence-corrected chi connectivity index (χ2v) is 5.93. The van der Waals surface area contributed by atoms with Gasteiger partial charge in [-0.25, -0.2) is 0 Å². The maximum Gasteiger partial charge on any atom is 0.414 e. The molecule has 0 amide bonds. The zero-order valence-electron chi connectivity index (χ0n) is 13.8. The molecule has 7 heteroatoms. The van der Waals surface area contributed by atoms with Crippen LogP contribution in [0.4, 0.5) is 5.82 Å². The van der Waals surface area contributed by atoms with Crippen molar-refractivity contribution in [3.8, 4) is 6.01 Å². The molecule has 0 fully saturated rings. The fourth-order valence-corrected chi connectivity index (χ4v) is 2.28. The van der Waals surface area contributed by atoms with E-state index < -0.39 is 4.92 Å². The highest BCUT2D eigenvalue weighted by Gasteiger charge is 2.27. The first-order valence-corrected chi connectivity index (χ1v) is 7.70. The molecule has 0 aliphatic carbocycles. The Bertz CT molecular complexity index is 615. The van der Waals surface area contributed by atoms with E-state index in [4.69, 9.17) is 9.47 Å². The first kappa shape index (κ1) is 17.2. The number of fused-ring (bicyclic) bond motifs is 1. The maximum absolute atomic E-state index is 10.7. The largest absolute Gasteiger partial charge is 0.443 e. The SMILES string of the molecule is CC(C)=CCC/C(C)=C/CO[C@H]1COc2nc([N+](=O)[O-])cn2C1. The normalized spacial score (nSPS) is 17.3. The van der Waals surface area contributed by atoms with Crippen LogP contribution in [0.5, 0.6) is 6.01 Å². The van der Waals surface area contributed by atoms with Crippen LogP contribution in [0.15, 0.2) is 29.5 Å². The van der Waals surface area contributed by atoms with Gasteiger partial charge in [-0.15, -0.1) is 0 Å². The zero-order chi connectivity index (χ0) is 16.8. The lowest BCUT2D eigenvalue weighted by Gasteiger charge is -2.21. The molecule has 126 valence electrons. The maximum atomic E-state index is 10.7. The van der Waals surface area contributed by atoms with Gasteiger partial charge in [0.2, 0.25) is 0 Å². The summed E-state index contributed by atoms with van der Waals surface area (Å²) < 4.78 is 12.8. The molecule has 1 aromatic heterocycles. The van der Waals surface area contributed by atoms with Crippen molar-refractivity contribution in [1.82, 2.24) is 9.55 Å². The van der Waals surface area contributed by atoms with Crippen LogP contribution in [0.25, 0.3) is 0 Å². The Balaban J connectivity index is 1.79. The average Bonchev–Trinajstić information content (AvgIpc) is 2.90. The monoisotopic (exact) mass is 321 g/mol. The Kier molecular flexibility index (Phi) is 5.92. The fraction of sp³-hybridized carbons (Fsp3) is 0.562. The molecule has 1 aliphatic rings. The van der Waals surface area contributed by atoms with E-state index in [2.05, 4.69) is 37.9 Å². The summed E-state index contributed by atoms with van der Waals surface area (Å²) >= 11 is 0. The van der Waals surface area contributed by atoms with Crippen molar-refractivity contribution in [3.63, 3.8) is 0 Å². The molecule has 1 aromatic rings. The van der Waals surface area contributed by atoms with Crippen LogP contribution in [0.3, 0.4) is 0 Å². The summed E-state index contributed by atoms with van der Waals surface area (Å²) in [5.41, 5.74) is 2.62. The lowest BCUT2D eigenvalue weighted by Crippen LogP contribution is -2.32. The third-order valence-corrected chi connectivity index (χ3v) is 3.57. The van der Waals surface area contributed by atoms with Gasteiger partial charge in [0.25, 0.3) is 0 Å². The molecule has 2 heterocycles. The Hall–Kier alpha value is -2.15. The summed E-state index contributed by atoms with van der Waals surface area (Å²) in [4.78, 5) is 14.0. The second-order valence-electron chi connectivity index (χ2n) is 5.93. The lowest BCUT2D eigenvalue weighted by molar-refractivity contribution is -0.389. The summed E-state index contributed by atoms with van der Waals surface area (Å²) in [6.07, 6.45) is 7.61. The molecule has 1 aliphatic heterocycles. The van der Waals surface area contributed by atoms with Crippen molar-refractivity contribution in [3.05, 3.63) is 39.6 Å². The molecule has 0 spiro atoms. The number of aromatic nitrogens is 2. The third kappa shape index (κ3) is 5.21. The van der Waals surface area contributed by atoms with Crippen molar-refractivity contribution in [2.24, 2.45) is 0 Å². The first-order valence-electron chi connectivity index (χ1n) is 7.70. The van der Waals surface area contributed by atoms with Gasteiger partial charge in [-0.3, -0.25) is 4.57 Å². The van der Waals surface area contributed by atoms with Gasteiger partial charge in [0.05, 0.1) is 13.2 Å². The van der Waals surface area contributed by atoms with Crippen LogP contribution < -0.4 is 4.74 Å². The topological polar surface area (TPSA) is 79.4 Å². The summed E-state index contributed by atoms with van der Waals surface area (Å²) in [7, 11) is 0. The predicted molar refractivity (Wildman–Crippen MR) is 86.5 cm³/mol. The van der Waals surface area contributed by atoms with E-state index >= 15 is 0 Å². The highest BCUT2D eigenvalue weighted by molar-refractivity contribution is 5.21. The van der Waals surface area contributed by atoms with E-state index in [0.29, 0.717) is 19.8 Å². The van der Waals surface area contributed by atoms with Crippen LogP contribution in [-0.4, -0.2) is 33.8 Å². The molecule has 0 unspecified atom stereocenters. The summed E-state index contributed by atoms with van der Waals surface area (Å²) in [6, 6.07) is 0.282. The van der Waals surface area contributed by atoms with E-state index in [-0.39, 0.29) is 17.9 Å². The number of ether oxygens (including phenoxy) is 2. The summed E-state index contributed by atoms with van der Waals surface area (Å²) in [5, 5.41) is 10.7. The molecular weight excluding hydrogens is 298 g/mol. The van der Waals surface area contributed by atoms with Gasteiger partial charge in [-0.2, -0.15) is 0 Å². The first-order chi connectivity index (χ1) is 11.0. The van der Waals surface area contributed by atoms with E-state index in [1.54, 1.807) is 4.57 Å². The average molecular weight is 321 g/mol. The van der Waals surface area contributed by atoms with Crippen molar-refractivity contribution >= 4 is 5.82 Å². The minimum atomic E-state index is -0.525. The zero-order valence-corrected chi connectivity index (χ0v) is 13.8. The van der Waals surface area contributed by atoms with Crippen LogP contribution in [-0.2, 0) is 11.3 Å². The van der Waals surface area contributed by atoms with Gasteiger partial charge < -0.3 is 19.6 Å². The molecule has 0 aromatic carbocycles. The van der Waals surface area contributed by atoms with Gasteiger partial charge in [0.1, 0.15) is 18.9 Å². The van der Waals surface area contributed by atoms with Crippen molar-refractivity contribution < 1.29 is 14.4 Å². The van der Waals surface area contributed by atoms with Crippen LogP contribution in [0.1, 0.15) is 33.6 Å². The Morgan fingerprint density at radius 2 is 2.30 bits per heavy atom. The number of hydrogen-bond acceptors (Lipinski definition) is 5. The molecule has 1 atom stereocenters. The summed E-state index contributed by atoms with van der Waals surface area (Å²) in [5.74, 6) is -0.198. The van der Waals surface area contributed by atoms with Crippen molar-refractivity contribution in [2.45, 2.75) is 46.3 Å². The summed E-state index contributed by atoms with van der Waals surface area (Å²) in [6.45, 7) is 7.68. The van der Waals surface area contributed by atoms with Gasteiger partial charge >= 0.3 is 11.8 Å². The molecular formula is C16H23N3O4. The number of hydrogen-bond donors (Lipinski definition) is 0. The molecule has 23 heavy (non-hydrogen) atoms. The van der Waals surface area contributed by atoms with Crippen molar-refractivity contribution in [1.29, 1.82) is 0 Å². The molecule has 0 bridgehead atoms. The van der Waals surface area contributed by atoms with E-state index in [1.807, 2.05) is 0 Å². The molecule has 7 nitrogen and oxygen atoms in total. The van der Waals surface area contributed by atoms with E-state index in [1.165, 1.54) is 17.3 Å². The standard InChI is InChI=1S/C16H23N3O4/c1-12(2)5-4-6-13(3)7-8-22-14-9-18-10-15(19(20)21)17-16(18)23-11-14/h5,7,10,14H,4,6,8-9,11H2,1-3H3/b13-7+/t14-/m1/s1. The predicted octanol–water partition coefficient (Wildman–Crippen LogP) is 3.26.